The van der Waals surface area contributed by atoms with E-state index in [1.54, 1.807) is 12.4 Å². The first-order valence-corrected chi connectivity index (χ1v) is 7.71. The van der Waals surface area contributed by atoms with E-state index in [9.17, 15) is 9.90 Å². The molecule has 0 aromatic carbocycles. The van der Waals surface area contributed by atoms with Crippen molar-refractivity contribution in [2.45, 2.75) is 36.6 Å². The topological polar surface area (TPSA) is 62.2 Å². The molecule has 1 fully saturated rings. The Balaban J connectivity index is 1.77. The van der Waals surface area contributed by atoms with Crippen LogP contribution in [0.3, 0.4) is 0 Å². The number of nitrogens with one attached hydrogen (secondary N) is 1. The van der Waals surface area contributed by atoms with Gasteiger partial charge in [-0.05, 0) is 25.0 Å². The van der Waals surface area contributed by atoms with Gasteiger partial charge in [0.2, 0.25) is 5.91 Å². The van der Waals surface area contributed by atoms with E-state index in [4.69, 9.17) is 0 Å². The summed E-state index contributed by atoms with van der Waals surface area (Å²) < 4.78 is 0. The van der Waals surface area contributed by atoms with Crippen LogP contribution in [-0.2, 0) is 4.79 Å². The van der Waals surface area contributed by atoms with Crippen LogP contribution in [0.2, 0.25) is 0 Å². The van der Waals surface area contributed by atoms with E-state index >= 15 is 0 Å². The van der Waals surface area contributed by atoms with Gasteiger partial charge in [-0.3, -0.25) is 9.78 Å². The fraction of sp³-hybridized carbons (Fsp3) is 0.571. The average Bonchev–Trinajstić information content (AvgIpc) is 2.47. The van der Waals surface area contributed by atoms with E-state index in [2.05, 4.69) is 10.3 Å². The van der Waals surface area contributed by atoms with Gasteiger partial charge in [0.25, 0.3) is 0 Å². The minimum Gasteiger partial charge on any atom is -0.396 e. The highest BCUT2D eigenvalue weighted by molar-refractivity contribution is 8.00. The van der Waals surface area contributed by atoms with Crippen molar-refractivity contribution in [1.29, 1.82) is 0 Å². The molecule has 104 valence electrons. The number of thioether (sulfide) groups is 1. The Morgan fingerprint density at radius 2 is 2.11 bits per heavy atom. The zero-order valence-electron chi connectivity index (χ0n) is 10.9. The zero-order valence-corrected chi connectivity index (χ0v) is 11.7. The lowest BCUT2D eigenvalue weighted by molar-refractivity contribution is -0.120. The van der Waals surface area contributed by atoms with E-state index in [-0.39, 0.29) is 24.5 Å². The minimum absolute atomic E-state index is 0.0483. The molecule has 4 nitrogen and oxygen atoms in total. The van der Waals surface area contributed by atoms with E-state index in [1.807, 2.05) is 12.1 Å². The van der Waals surface area contributed by atoms with Crippen LogP contribution in [0.1, 0.15) is 25.7 Å². The third kappa shape index (κ3) is 4.51. The molecular formula is C14H20N2O2S. The number of aliphatic hydroxyl groups is 1. The first-order valence-electron chi connectivity index (χ1n) is 6.72. The number of amides is 1. The van der Waals surface area contributed by atoms with Crippen LogP contribution < -0.4 is 5.32 Å². The summed E-state index contributed by atoms with van der Waals surface area (Å²) in [6.45, 7) is 0.169. The second-order valence-corrected chi connectivity index (χ2v) is 5.92. The highest BCUT2D eigenvalue weighted by Crippen LogP contribution is 2.24. The molecule has 2 atom stereocenters. The zero-order chi connectivity index (χ0) is 13.5. The van der Waals surface area contributed by atoms with Crippen LogP contribution in [0.25, 0.3) is 0 Å². The van der Waals surface area contributed by atoms with Gasteiger partial charge in [-0.15, -0.1) is 11.8 Å². The van der Waals surface area contributed by atoms with Crippen LogP contribution in [-0.4, -0.2) is 34.4 Å². The summed E-state index contributed by atoms with van der Waals surface area (Å²) in [5, 5.41) is 12.4. The molecule has 0 spiro atoms. The Hall–Kier alpha value is -1.07. The Labute approximate surface area is 118 Å². The number of hydrogen-bond acceptors (Lipinski definition) is 4. The SMILES string of the molecule is O=C(CSc1ccncc1)NC1CCCCC1CO. The van der Waals surface area contributed by atoms with Crippen molar-refractivity contribution in [1.82, 2.24) is 10.3 Å². The van der Waals surface area contributed by atoms with Gasteiger partial charge < -0.3 is 10.4 Å². The average molecular weight is 280 g/mol. The fourth-order valence-electron chi connectivity index (χ4n) is 2.45. The van der Waals surface area contributed by atoms with Crippen molar-refractivity contribution < 1.29 is 9.90 Å². The van der Waals surface area contributed by atoms with Crippen molar-refractivity contribution in [2.24, 2.45) is 5.92 Å². The normalized spacial score (nSPS) is 23.0. The summed E-state index contributed by atoms with van der Waals surface area (Å²) in [5.74, 6) is 0.689. The third-order valence-electron chi connectivity index (χ3n) is 3.51. The van der Waals surface area contributed by atoms with Crippen molar-refractivity contribution in [3.8, 4) is 0 Å². The van der Waals surface area contributed by atoms with Gasteiger partial charge in [-0.2, -0.15) is 0 Å². The molecular weight excluding hydrogens is 260 g/mol. The van der Waals surface area contributed by atoms with Crippen LogP contribution in [0, 0.1) is 5.92 Å². The fourth-order valence-corrected chi connectivity index (χ4v) is 3.14. The number of rotatable bonds is 5. The lowest BCUT2D eigenvalue weighted by atomic mass is 9.85. The van der Waals surface area contributed by atoms with Gasteiger partial charge in [-0.1, -0.05) is 12.8 Å². The van der Waals surface area contributed by atoms with E-state index in [0.717, 1.165) is 30.6 Å². The Morgan fingerprint density at radius 3 is 2.84 bits per heavy atom. The largest absolute Gasteiger partial charge is 0.396 e. The smallest absolute Gasteiger partial charge is 0.230 e. The third-order valence-corrected chi connectivity index (χ3v) is 4.52. The quantitative estimate of drug-likeness (QED) is 0.808. The molecule has 1 heterocycles. The van der Waals surface area contributed by atoms with E-state index < -0.39 is 0 Å². The summed E-state index contributed by atoms with van der Waals surface area (Å²) in [4.78, 5) is 16.9. The van der Waals surface area contributed by atoms with Crippen LogP contribution >= 0.6 is 11.8 Å². The van der Waals surface area contributed by atoms with Gasteiger partial charge in [0.1, 0.15) is 0 Å². The molecule has 1 aromatic rings. The monoisotopic (exact) mass is 280 g/mol. The number of nitrogens with zero attached hydrogens (tertiary/aromatic N) is 1. The molecule has 1 aliphatic rings. The van der Waals surface area contributed by atoms with Crippen LogP contribution in [0.5, 0.6) is 0 Å². The second-order valence-electron chi connectivity index (χ2n) is 4.87. The lowest BCUT2D eigenvalue weighted by Gasteiger charge is -2.30. The number of pyridine rings is 1. The molecule has 0 radical (unpaired) electrons. The molecule has 1 aliphatic carbocycles. The van der Waals surface area contributed by atoms with Crippen molar-refractivity contribution in [3.63, 3.8) is 0 Å². The Bertz CT molecular complexity index is 400. The number of hydrogen-bond donors (Lipinski definition) is 2. The number of aliphatic hydroxyl groups excluding tert-OH is 1. The molecule has 2 N–H and O–H groups in total. The predicted molar refractivity (Wildman–Crippen MR) is 75.9 cm³/mol. The van der Waals surface area contributed by atoms with Gasteiger partial charge in [0, 0.05) is 35.9 Å². The molecule has 0 saturated heterocycles. The molecule has 2 unspecified atom stereocenters. The molecule has 5 heteroatoms. The summed E-state index contributed by atoms with van der Waals surface area (Å²) in [7, 11) is 0. The molecule has 19 heavy (non-hydrogen) atoms. The Kier molecular flexibility index (Phi) is 5.66. The number of carbonyl (C=O) groups is 1. The summed E-state index contributed by atoms with van der Waals surface area (Å²) in [5.41, 5.74) is 0. The van der Waals surface area contributed by atoms with Crippen molar-refractivity contribution in [2.75, 3.05) is 12.4 Å². The maximum Gasteiger partial charge on any atom is 0.230 e. The van der Waals surface area contributed by atoms with Gasteiger partial charge >= 0.3 is 0 Å². The van der Waals surface area contributed by atoms with Crippen LogP contribution in [0.4, 0.5) is 0 Å². The number of aromatic nitrogens is 1. The van der Waals surface area contributed by atoms with Gasteiger partial charge in [0.05, 0.1) is 5.75 Å². The first kappa shape index (κ1) is 14.3. The summed E-state index contributed by atoms with van der Waals surface area (Å²) in [6, 6.07) is 3.94. The van der Waals surface area contributed by atoms with Crippen LogP contribution in [0.15, 0.2) is 29.4 Å². The minimum atomic E-state index is 0.0483. The highest BCUT2D eigenvalue weighted by atomic mass is 32.2. The molecule has 2 rings (SSSR count). The Morgan fingerprint density at radius 1 is 1.37 bits per heavy atom. The standard InChI is InChI=1S/C14H20N2O2S/c17-9-11-3-1-2-4-13(11)16-14(18)10-19-12-5-7-15-8-6-12/h5-8,11,13,17H,1-4,9-10H2,(H,16,18). The number of carbonyl (C=O) groups excluding carboxylic acids is 1. The second kappa shape index (κ2) is 7.50. The molecule has 0 bridgehead atoms. The van der Waals surface area contributed by atoms with Crippen molar-refractivity contribution >= 4 is 17.7 Å². The lowest BCUT2D eigenvalue weighted by Crippen LogP contribution is -2.44. The molecule has 0 aliphatic heterocycles. The maximum absolute atomic E-state index is 11.9. The summed E-state index contributed by atoms with van der Waals surface area (Å²) in [6.07, 6.45) is 7.74. The molecule has 1 aromatic heterocycles. The van der Waals surface area contributed by atoms with Crippen molar-refractivity contribution in [3.05, 3.63) is 24.5 Å². The maximum atomic E-state index is 11.9. The molecule has 1 amide bonds. The highest BCUT2D eigenvalue weighted by Gasteiger charge is 2.25. The van der Waals surface area contributed by atoms with Gasteiger partial charge in [0.15, 0.2) is 0 Å². The predicted octanol–water partition coefficient (Wildman–Crippen LogP) is 1.84. The van der Waals surface area contributed by atoms with Gasteiger partial charge in [-0.25, -0.2) is 0 Å². The first-order chi connectivity index (χ1) is 9.29. The van der Waals surface area contributed by atoms with E-state index in [0.29, 0.717) is 5.75 Å². The van der Waals surface area contributed by atoms with E-state index in [1.165, 1.54) is 11.8 Å². The molecule has 1 saturated carbocycles. The summed E-state index contributed by atoms with van der Waals surface area (Å²) >= 11 is 1.51.